The Morgan fingerprint density at radius 2 is 1.62 bits per heavy atom. The Kier molecular flexibility index (Phi) is 3.50. The number of rotatable bonds is 3. The third-order valence-corrected chi connectivity index (χ3v) is 2.19. The zero-order chi connectivity index (χ0) is 10.9. The van der Waals surface area contributed by atoms with Crippen LogP contribution in [0.1, 0.15) is 41.0 Å². The molecular weight excluding hydrogens is 168 g/mol. The highest BCUT2D eigenvalue weighted by atomic mass is 16.4. The SMILES string of the molecule is CC(C)(C)CC(O)C(C)(C)C(=O)O. The third kappa shape index (κ3) is 3.77. The summed E-state index contributed by atoms with van der Waals surface area (Å²) in [5, 5.41) is 18.6. The average Bonchev–Trinajstić information content (AvgIpc) is 1.82. The topological polar surface area (TPSA) is 57.5 Å². The molecule has 0 fully saturated rings. The van der Waals surface area contributed by atoms with E-state index in [1.54, 1.807) is 13.8 Å². The lowest BCUT2D eigenvalue weighted by atomic mass is 9.77. The van der Waals surface area contributed by atoms with Gasteiger partial charge >= 0.3 is 5.97 Å². The molecule has 3 nitrogen and oxygen atoms in total. The van der Waals surface area contributed by atoms with Gasteiger partial charge in [0.15, 0.2) is 0 Å². The van der Waals surface area contributed by atoms with Gasteiger partial charge in [-0.25, -0.2) is 0 Å². The van der Waals surface area contributed by atoms with Gasteiger partial charge in [-0.15, -0.1) is 0 Å². The second kappa shape index (κ2) is 3.66. The first-order chi connectivity index (χ1) is 5.57. The van der Waals surface area contributed by atoms with Gasteiger partial charge in [0.1, 0.15) is 0 Å². The molecule has 0 heterocycles. The van der Waals surface area contributed by atoms with Crippen LogP contribution in [-0.2, 0) is 4.79 Å². The summed E-state index contributed by atoms with van der Waals surface area (Å²) in [6, 6.07) is 0. The predicted octanol–water partition coefficient (Wildman–Crippen LogP) is 1.89. The minimum absolute atomic E-state index is 0.0495. The second-order valence-electron chi connectivity index (χ2n) is 5.31. The van der Waals surface area contributed by atoms with E-state index in [-0.39, 0.29) is 5.41 Å². The lowest BCUT2D eigenvalue weighted by Crippen LogP contribution is -2.39. The molecule has 0 aliphatic heterocycles. The molecule has 1 atom stereocenters. The van der Waals surface area contributed by atoms with Crippen LogP contribution in [-0.4, -0.2) is 22.3 Å². The van der Waals surface area contributed by atoms with Crippen LogP contribution >= 0.6 is 0 Å². The molecule has 0 aromatic rings. The van der Waals surface area contributed by atoms with Gasteiger partial charge < -0.3 is 10.2 Å². The molecule has 0 rings (SSSR count). The minimum Gasteiger partial charge on any atom is -0.481 e. The molecule has 0 amide bonds. The monoisotopic (exact) mass is 188 g/mol. The van der Waals surface area contributed by atoms with Gasteiger partial charge in [-0.3, -0.25) is 4.79 Å². The van der Waals surface area contributed by atoms with Crippen LogP contribution in [0, 0.1) is 10.8 Å². The fourth-order valence-electron chi connectivity index (χ4n) is 0.978. The number of carbonyl (C=O) groups is 1. The molecular formula is C10H20O3. The van der Waals surface area contributed by atoms with Crippen LogP contribution in [0.4, 0.5) is 0 Å². The summed E-state index contributed by atoms with van der Waals surface area (Å²) in [5.41, 5.74) is -1.11. The molecule has 1 unspecified atom stereocenters. The zero-order valence-corrected chi connectivity index (χ0v) is 9.09. The Labute approximate surface area is 79.8 Å². The zero-order valence-electron chi connectivity index (χ0n) is 9.09. The molecule has 0 spiro atoms. The summed E-state index contributed by atoms with van der Waals surface area (Å²) < 4.78 is 0. The largest absolute Gasteiger partial charge is 0.481 e. The van der Waals surface area contributed by atoms with Gasteiger partial charge in [0.05, 0.1) is 11.5 Å². The summed E-state index contributed by atoms with van der Waals surface area (Å²) in [5.74, 6) is -0.954. The minimum atomic E-state index is -1.06. The van der Waals surface area contributed by atoms with E-state index < -0.39 is 17.5 Å². The highest BCUT2D eigenvalue weighted by Crippen LogP contribution is 2.30. The number of aliphatic hydroxyl groups excluding tert-OH is 1. The molecule has 13 heavy (non-hydrogen) atoms. The lowest BCUT2D eigenvalue weighted by molar-refractivity contribution is -0.154. The average molecular weight is 188 g/mol. The smallest absolute Gasteiger partial charge is 0.311 e. The molecule has 78 valence electrons. The highest BCUT2D eigenvalue weighted by Gasteiger charge is 2.37. The van der Waals surface area contributed by atoms with E-state index >= 15 is 0 Å². The summed E-state index contributed by atoms with van der Waals surface area (Å²) in [6.07, 6.45) is -0.309. The first-order valence-corrected chi connectivity index (χ1v) is 4.49. The van der Waals surface area contributed by atoms with E-state index in [1.165, 1.54) is 0 Å². The maximum Gasteiger partial charge on any atom is 0.311 e. The van der Waals surface area contributed by atoms with Crippen LogP contribution in [0.5, 0.6) is 0 Å². The number of aliphatic carboxylic acids is 1. The number of carboxylic acids is 1. The Morgan fingerprint density at radius 3 is 1.85 bits per heavy atom. The van der Waals surface area contributed by atoms with Crippen molar-refractivity contribution in [1.29, 1.82) is 0 Å². The van der Waals surface area contributed by atoms with Crippen molar-refractivity contribution >= 4 is 5.97 Å². The molecule has 0 saturated carbocycles. The van der Waals surface area contributed by atoms with Crippen molar-refractivity contribution in [2.45, 2.75) is 47.1 Å². The number of carboxylic acid groups (broad SMARTS) is 1. The number of aliphatic hydroxyl groups is 1. The maximum atomic E-state index is 10.8. The van der Waals surface area contributed by atoms with E-state index in [9.17, 15) is 9.90 Å². The highest BCUT2D eigenvalue weighted by molar-refractivity contribution is 5.74. The van der Waals surface area contributed by atoms with Gasteiger partial charge in [0.2, 0.25) is 0 Å². The fourth-order valence-corrected chi connectivity index (χ4v) is 0.978. The molecule has 0 bridgehead atoms. The molecule has 2 N–H and O–H groups in total. The van der Waals surface area contributed by atoms with E-state index in [0.29, 0.717) is 6.42 Å². The van der Waals surface area contributed by atoms with Crippen LogP contribution in [0.2, 0.25) is 0 Å². The van der Waals surface area contributed by atoms with Crippen LogP contribution in [0.15, 0.2) is 0 Å². The quantitative estimate of drug-likeness (QED) is 0.711. The Hall–Kier alpha value is -0.570. The summed E-state index contributed by atoms with van der Waals surface area (Å²) in [7, 11) is 0. The summed E-state index contributed by atoms with van der Waals surface area (Å²) >= 11 is 0. The first kappa shape index (κ1) is 12.4. The van der Waals surface area contributed by atoms with Gasteiger partial charge in [0.25, 0.3) is 0 Å². The molecule has 3 heteroatoms. The Balaban J connectivity index is 4.43. The van der Waals surface area contributed by atoms with Crippen molar-refractivity contribution < 1.29 is 15.0 Å². The molecule has 0 aliphatic carbocycles. The predicted molar refractivity (Wildman–Crippen MR) is 51.5 cm³/mol. The van der Waals surface area contributed by atoms with Crippen LogP contribution in [0.3, 0.4) is 0 Å². The lowest BCUT2D eigenvalue weighted by Gasteiger charge is -2.31. The number of hydrogen-bond acceptors (Lipinski definition) is 2. The van der Waals surface area contributed by atoms with Gasteiger partial charge in [-0.2, -0.15) is 0 Å². The molecule has 0 saturated heterocycles. The molecule has 0 aromatic heterocycles. The summed E-state index contributed by atoms with van der Waals surface area (Å²) in [6.45, 7) is 9.04. The number of hydrogen-bond donors (Lipinski definition) is 2. The van der Waals surface area contributed by atoms with Crippen LogP contribution < -0.4 is 0 Å². The van der Waals surface area contributed by atoms with E-state index in [2.05, 4.69) is 0 Å². The molecule has 0 aliphatic rings. The van der Waals surface area contributed by atoms with Crippen molar-refractivity contribution in [3.05, 3.63) is 0 Å². The van der Waals surface area contributed by atoms with Crippen molar-refractivity contribution in [1.82, 2.24) is 0 Å². The normalized spacial score (nSPS) is 15.5. The fraction of sp³-hybridized carbons (Fsp3) is 0.900. The van der Waals surface area contributed by atoms with Crippen molar-refractivity contribution in [2.24, 2.45) is 10.8 Å². The Morgan fingerprint density at radius 1 is 1.23 bits per heavy atom. The van der Waals surface area contributed by atoms with Gasteiger partial charge in [0, 0.05) is 0 Å². The van der Waals surface area contributed by atoms with E-state index in [4.69, 9.17) is 5.11 Å². The van der Waals surface area contributed by atoms with E-state index in [1.807, 2.05) is 20.8 Å². The van der Waals surface area contributed by atoms with Crippen molar-refractivity contribution in [2.75, 3.05) is 0 Å². The Bertz CT molecular complexity index is 189. The second-order valence-corrected chi connectivity index (χ2v) is 5.31. The van der Waals surface area contributed by atoms with Crippen molar-refractivity contribution in [3.8, 4) is 0 Å². The maximum absolute atomic E-state index is 10.8. The van der Waals surface area contributed by atoms with Crippen molar-refractivity contribution in [3.63, 3.8) is 0 Å². The van der Waals surface area contributed by atoms with Gasteiger partial charge in [-0.1, -0.05) is 20.8 Å². The molecule has 0 aromatic carbocycles. The van der Waals surface area contributed by atoms with E-state index in [0.717, 1.165) is 0 Å². The van der Waals surface area contributed by atoms with Crippen LogP contribution in [0.25, 0.3) is 0 Å². The summed E-state index contributed by atoms with van der Waals surface area (Å²) in [4.78, 5) is 10.8. The third-order valence-electron chi connectivity index (χ3n) is 2.19. The standard InChI is InChI=1S/C10H20O3/c1-9(2,3)6-7(11)10(4,5)8(12)13/h7,11H,6H2,1-5H3,(H,12,13). The molecule has 0 radical (unpaired) electrons. The first-order valence-electron chi connectivity index (χ1n) is 4.49. The van der Waals surface area contributed by atoms with Gasteiger partial charge in [-0.05, 0) is 25.7 Å².